The van der Waals surface area contributed by atoms with E-state index in [4.69, 9.17) is 10.9 Å². The molecular weight excluding hydrogens is 192 g/mol. The molecule has 0 aromatic carbocycles. The summed E-state index contributed by atoms with van der Waals surface area (Å²) >= 11 is 0. The van der Waals surface area contributed by atoms with Gasteiger partial charge in [-0.2, -0.15) is 0 Å². The highest BCUT2D eigenvalue weighted by atomic mass is 16.4. The van der Waals surface area contributed by atoms with E-state index >= 15 is 0 Å². The molecule has 1 atom stereocenters. The molecule has 1 aromatic rings. The summed E-state index contributed by atoms with van der Waals surface area (Å²) < 4.78 is 2.17. The highest BCUT2D eigenvalue weighted by Gasteiger charge is 2.25. The van der Waals surface area contributed by atoms with Gasteiger partial charge in [-0.3, -0.25) is 0 Å². The topological polar surface area (TPSA) is 76.4 Å². The maximum Gasteiger partial charge on any atom is 0.190 e. The molecule has 1 aliphatic rings. The Hall–Kier alpha value is -1.52. The summed E-state index contributed by atoms with van der Waals surface area (Å²) in [7, 11) is 0. The van der Waals surface area contributed by atoms with Crippen molar-refractivity contribution in [2.45, 2.75) is 39.2 Å². The molecule has 0 amide bonds. The van der Waals surface area contributed by atoms with Gasteiger partial charge in [-0.15, -0.1) is 0 Å². The van der Waals surface area contributed by atoms with Gasteiger partial charge in [0, 0.05) is 6.54 Å². The maximum absolute atomic E-state index is 8.70. The number of nitrogens with two attached hydrogens (primary N) is 1. The van der Waals surface area contributed by atoms with E-state index < -0.39 is 0 Å². The van der Waals surface area contributed by atoms with Crippen molar-refractivity contribution in [3.05, 3.63) is 17.2 Å². The number of rotatable bonds is 1. The summed E-state index contributed by atoms with van der Waals surface area (Å²) in [4.78, 5) is 4.36. The Balaban J connectivity index is 2.58. The fourth-order valence-corrected chi connectivity index (χ4v) is 2.29. The molecule has 0 saturated carbocycles. The minimum atomic E-state index is 0.112. The molecule has 1 aromatic heterocycles. The van der Waals surface area contributed by atoms with Crippen LogP contribution >= 0.6 is 0 Å². The third-order valence-electron chi connectivity index (χ3n) is 3.03. The number of hydrogen-bond acceptors (Lipinski definition) is 3. The van der Waals surface area contributed by atoms with Crippen molar-refractivity contribution < 1.29 is 5.21 Å². The van der Waals surface area contributed by atoms with Crippen LogP contribution in [0.1, 0.15) is 42.9 Å². The van der Waals surface area contributed by atoms with Crippen molar-refractivity contribution in [3.8, 4) is 0 Å². The molecule has 5 heteroatoms. The first kappa shape index (κ1) is 10.0. The van der Waals surface area contributed by atoms with E-state index in [1.165, 1.54) is 6.42 Å². The summed E-state index contributed by atoms with van der Waals surface area (Å²) in [5.41, 5.74) is 7.36. The van der Waals surface area contributed by atoms with E-state index in [0.717, 1.165) is 24.5 Å². The third-order valence-corrected chi connectivity index (χ3v) is 3.03. The van der Waals surface area contributed by atoms with Crippen LogP contribution in [-0.4, -0.2) is 20.6 Å². The molecule has 0 spiro atoms. The van der Waals surface area contributed by atoms with Crippen LogP contribution in [0.5, 0.6) is 0 Å². The minimum Gasteiger partial charge on any atom is -0.409 e. The van der Waals surface area contributed by atoms with E-state index in [1.54, 1.807) is 0 Å². The van der Waals surface area contributed by atoms with Gasteiger partial charge in [-0.05, 0) is 25.7 Å². The molecule has 1 aliphatic heterocycles. The zero-order valence-corrected chi connectivity index (χ0v) is 9.06. The molecule has 5 nitrogen and oxygen atoms in total. The largest absolute Gasteiger partial charge is 0.409 e. The highest BCUT2D eigenvalue weighted by molar-refractivity contribution is 5.96. The zero-order valence-electron chi connectivity index (χ0n) is 9.06. The normalized spacial score (nSPS) is 21.5. The van der Waals surface area contributed by atoms with Crippen molar-refractivity contribution >= 4 is 5.84 Å². The third kappa shape index (κ3) is 1.48. The van der Waals surface area contributed by atoms with Gasteiger partial charge in [0.25, 0.3) is 0 Å². The quantitative estimate of drug-likeness (QED) is 0.315. The molecule has 2 rings (SSSR count). The van der Waals surface area contributed by atoms with Gasteiger partial charge < -0.3 is 15.5 Å². The van der Waals surface area contributed by atoms with Gasteiger partial charge in [0.1, 0.15) is 11.5 Å². The second-order valence-corrected chi connectivity index (χ2v) is 4.07. The van der Waals surface area contributed by atoms with Crippen molar-refractivity contribution in [2.75, 3.05) is 0 Å². The lowest BCUT2D eigenvalue weighted by molar-refractivity contribution is 0.318. The van der Waals surface area contributed by atoms with Crippen LogP contribution in [0.15, 0.2) is 5.16 Å². The Kier molecular flexibility index (Phi) is 2.38. The standard InChI is InChI=1S/C10H16N4O/c1-6-4-3-5-14-7(2)12-8(9(6)14)10(11)13-15/h6,15H,3-5H2,1-2H3,(H2,11,13). The average molecular weight is 208 g/mol. The van der Waals surface area contributed by atoms with Crippen LogP contribution in [0.4, 0.5) is 0 Å². The predicted molar refractivity (Wildman–Crippen MR) is 57.1 cm³/mol. The first-order chi connectivity index (χ1) is 7.15. The first-order valence-corrected chi connectivity index (χ1v) is 5.20. The summed E-state index contributed by atoms with van der Waals surface area (Å²) in [6.45, 7) is 5.09. The lowest BCUT2D eigenvalue weighted by Gasteiger charge is -2.22. The summed E-state index contributed by atoms with van der Waals surface area (Å²) in [5.74, 6) is 1.48. The Bertz CT molecular complexity index is 408. The van der Waals surface area contributed by atoms with Gasteiger partial charge in [0.2, 0.25) is 0 Å². The summed E-state index contributed by atoms with van der Waals surface area (Å²) in [6.07, 6.45) is 2.30. The molecule has 0 fully saturated rings. The Morgan fingerprint density at radius 1 is 1.67 bits per heavy atom. The van der Waals surface area contributed by atoms with E-state index in [9.17, 15) is 0 Å². The van der Waals surface area contributed by atoms with Gasteiger partial charge in [0.15, 0.2) is 5.84 Å². The summed E-state index contributed by atoms with van der Waals surface area (Å²) in [6, 6.07) is 0. The number of imidazole rings is 1. The van der Waals surface area contributed by atoms with Crippen molar-refractivity contribution in [1.82, 2.24) is 9.55 Å². The van der Waals surface area contributed by atoms with Crippen molar-refractivity contribution in [3.63, 3.8) is 0 Å². The molecule has 0 aliphatic carbocycles. The lowest BCUT2D eigenvalue weighted by Crippen LogP contribution is -2.20. The molecule has 2 heterocycles. The molecule has 0 radical (unpaired) electrons. The molecule has 3 N–H and O–H groups in total. The lowest BCUT2D eigenvalue weighted by atomic mass is 9.96. The van der Waals surface area contributed by atoms with E-state index in [2.05, 4.69) is 21.6 Å². The molecule has 0 bridgehead atoms. The number of oxime groups is 1. The van der Waals surface area contributed by atoms with Gasteiger partial charge >= 0.3 is 0 Å². The number of hydrogen-bond donors (Lipinski definition) is 2. The van der Waals surface area contributed by atoms with Crippen LogP contribution in [0.25, 0.3) is 0 Å². The zero-order chi connectivity index (χ0) is 11.0. The Morgan fingerprint density at radius 2 is 2.40 bits per heavy atom. The number of amidine groups is 1. The number of fused-ring (bicyclic) bond motifs is 1. The smallest absolute Gasteiger partial charge is 0.190 e. The molecule has 82 valence electrons. The monoisotopic (exact) mass is 208 g/mol. The SMILES string of the molecule is Cc1nc(/C(N)=N\O)c2n1CCCC2C. The number of nitrogens with zero attached hydrogens (tertiary/aromatic N) is 3. The van der Waals surface area contributed by atoms with Crippen LogP contribution in [0.3, 0.4) is 0 Å². The van der Waals surface area contributed by atoms with Crippen LogP contribution in [-0.2, 0) is 6.54 Å². The average Bonchev–Trinajstić information content (AvgIpc) is 2.57. The number of aryl methyl sites for hydroxylation is 1. The van der Waals surface area contributed by atoms with E-state index in [-0.39, 0.29) is 5.84 Å². The number of aromatic nitrogens is 2. The van der Waals surface area contributed by atoms with Gasteiger partial charge in [-0.1, -0.05) is 12.1 Å². The second kappa shape index (κ2) is 3.56. The minimum absolute atomic E-state index is 0.112. The predicted octanol–water partition coefficient (Wildman–Crippen LogP) is 1.18. The molecule has 0 saturated heterocycles. The Morgan fingerprint density at radius 3 is 3.07 bits per heavy atom. The fourth-order valence-electron chi connectivity index (χ4n) is 2.29. The van der Waals surface area contributed by atoms with Crippen LogP contribution in [0, 0.1) is 6.92 Å². The first-order valence-electron chi connectivity index (χ1n) is 5.20. The highest BCUT2D eigenvalue weighted by Crippen LogP contribution is 2.30. The summed E-state index contributed by atoms with van der Waals surface area (Å²) in [5, 5.41) is 11.7. The molecule has 1 unspecified atom stereocenters. The molecular formula is C10H16N4O. The van der Waals surface area contributed by atoms with Crippen LogP contribution in [0.2, 0.25) is 0 Å². The molecule has 15 heavy (non-hydrogen) atoms. The van der Waals surface area contributed by atoms with E-state index in [1.807, 2.05) is 6.92 Å². The maximum atomic E-state index is 8.70. The fraction of sp³-hybridized carbons (Fsp3) is 0.600. The van der Waals surface area contributed by atoms with E-state index in [0.29, 0.717) is 11.6 Å². The van der Waals surface area contributed by atoms with Gasteiger partial charge in [0.05, 0.1) is 5.69 Å². The Labute approximate surface area is 88.6 Å². The van der Waals surface area contributed by atoms with Crippen molar-refractivity contribution in [1.29, 1.82) is 0 Å². The second-order valence-electron chi connectivity index (χ2n) is 4.07. The van der Waals surface area contributed by atoms with Crippen LogP contribution < -0.4 is 5.73 Å². The van der Waals surface area contributed by atoms with Crippen molar-refractivity contribution in [2.24, 2.45) is 10.9 Å². The van der Waals surface area contributed by atoms with Gasteiger partial charge in [-0.25, -0.2) is 4.98 Å².